The third-order valence-electron chi connectivity index (χ3n) is 5.06. The molecule has 7 nitrogen and oxygen atoms in total. The molecule has 1 amide bonds. The molecule has 1 aliphatic heterocycles. The molecule has 1 atom stereocenters. The Morgan fingerprint density at radius 2 is 2.17 bits per heavy atom. The van der Waals surface area contributed by atoms with Crippen molar-refractivity contribution in [1.82, 2.24) is 24.5 Å². The number of nitrogens with zero attached hydrogens (tertiary/aromatic N) is 5. The first-order valence-corrected chi connectivity index (χ1v) is 9.66. The van der Waals surface area contributed by atoms with E-state index in [1.54, 1.807) is 30.2 Å². The molecule has 10 heteroatoms. The standard InChI is InChI=1S/C20H20F3N5O2/c1-2-13-9-17(20(21,22)23)28-18(25-13)10-15(26-28)16-6-4-8-27(16)19(29)12-30-14-5-3-7-24-11-14/h3,5,7,9-11,16H,2,4,6,8,12H2,1H3. The van der Waals surface area contributed by atoms with E-state index in [-0.39, 0.29) is 18.2 Å². The van der Waals surface area contributed by atoms with E-state index in [0.29, 0.717) is 36.5 Å². The summed E-state index contributed by atoms with van der Waals surface area (Å²) in [5.74, 6) is 0.220. The molecule has 0 spiro atoms. The Labute approximate surface area is 170 Å². The Morgan fingerprint density at radius 3 is 2.87 bits per heavy atom. The third-order valence-corrected chi connectivity index (χ3v) is 5.06. The van der Waals surface area contributed by atoms with Crippen LogP contribution in [0.5, 0.6) is 5.75 Å². The first-order valence-electron chi connectivity index (χ1n) is 9.66. The van der Waals surface area contributed by atoms with E-state index >= 15 is 0 Å². The topological polar surface area (TPSA) is 72.6 Å². The van der Waals surface area contributed by atoms with Crippen LogP contribution in [0.1, 0.15) is 42.9 Å². The molecule has 30 heavy (non-hydrogen) atoms. The number of likely N-dealkylation sites (tertiary alicyclic amines) is 1. The summed E-state index contributed by atoms with van der Waals surface area (Å²) < 4.78 is 46.8. The monoisotopic (exact) mass is 419 g/mol. The summed E-state index contributed by atoms with van der Waals surface area (Å²) in [6.45, 7) is 2.06. The Hall–Kier alpha value is -3.17. The van der Waals surface area contributed by atoms with Crippen LogP contribution in [0.4, 0.5) is 13.2 Å². The number of pyridine rings is 1. The fraction of sp³-hybridized carbons (Fsp3) is 0.400. The van der Waals surface area contributed by atoms with Gasteiger partial charge in [-0.1, -0.05) is 6.92 Å². The van der Waals surface area contributed by atoms with Crippen molar-refractivity contribution in [3.05, 3.63) is 53.7 Å². The zero-order valence-electron chi connectivity index (χ0n) is 16.3. The number of aryl methyl sites for hydroxylation is 1. The quantitative estimate of drug-likeness (QED) is 0.634. The molecule has 0 bridgehead atoms. The summed E-state index contributed by atoms with van der Waals surface area (Å²) in [6, 6.07) is 5.53. The van der Waals surface area contributed by atoms with Crippen molar-refractivity contribution < 1.29 is 22.7 Å². The summed E-state index contributed by atoms with van der Waals surface area (Å²) in [7, 11) is 0. The molecule has 4 heterocycles. The fourth-order valence-corrected chi connectivity index (χ4v) is 3.62. The van der Waals surface area contributed by atoms with Crippen molar-refractivity contribution in [2.45, 2.75) is 38.4 Å². The van der Waals surface area contributed by atoms with Gasteiger partial charge in [0.05, 0.1) is 17.9 Å². The molecule has 3 aromatic heterocycles. The van der Waals surface area contributed by atoms with Crippen LogP contribution in [-0.2, 0) is 17.4 Å². The van der Waals surface area contributed by atoms with Gasteiger partial charge in [0.2, 0.25) is 0 Å². The molecule has 1 fully saturated rings. The fourth-order valence-electron chi connectivity index (χ4n) is 3.62. The van der Waals surface area contributed by atoms with Gasteiger partial charge in [-0.15, -0.1) is 0 Å². The SMILES string of the molecule is CCc1cc(C(F)(F)F)n2nc(C3CCCN3C(=O)COc3cccnc3)cc2n1. The van der Waals surface area contributed by atoms with Gasteiger partial charge in [-0.05, 0) is 37.5 Å². The smallest absolute Gasteiger partial charge is 0.433 e. The number of carbonyl (C=O) groups excluding carboxylic acids is 1. The van der Waals surface area contributed by atoms with E-state index < -0.39 is 17.9 Å². The lowest BCUT2D eigenvalue weighted by atomic mass is 10.1. The Bertz CT molecular complexity index is 1050. The van der Waals surface area contributed by atoms with Crippen LogP contribution < -0.4 is 4.74 Å². The molecule has 0 radical (unpaired) electrons. The predicted molar refractivity (Wildman–Crippen MR) is 101 cm³/mol. The highest BCUT2D eigenvalue weighted by Crippen LogP contribution is 2.34. The van der Waals surface area contributed by atoms with Crippen LogP contribution in [0.15, 0.2) is 36.7 Å². The lowest BCUT2D eigenvalue weighted by Crippen LogP contribution is -2.34. The van der Waals surface area contributed by atoms with E-state index in [4.69, 9.17) is 4.74 Å². The van der Waals surface area contributed by atoms with Gasteiger partial charge < -0.3 is 9.64 Å². The zero-order chi connectivity index (χ0) is 21.3. The van der Waals surface area contributed by atoms with Gasteiger partial charge in [0.15, 0.2) is 12.3 Å². The molecule has 3 aromatic rings. The number of hydrogen-bond acceptors (Lipinski definition) is 5. The maximum absolute atomic E-state index is 13.5. The maximum Gasteiger partial charge on any atom is 0.433 e. The Balaban J connectivity index is 1.60. The van der Waals surface area contributed by atoms with E-state index in [0.717, 1.165) is 17.0 Å². The lowest BCUT2D eigenvalue weighted by molar-refractivity contribution is -0.143. The average molecular weight is 419 g/mol. The van der Waals surface area contributed by atoms with Crippen LogP contribution in [0, 0.1) is 0 Å². The second kappa shape index (κ2) is 7.92. The largest absolute Gasteiger partial charge is 0.482 e. The molecule has 4 rings (SSSR count). The molecule has 158 valence electrons. The second-order valence-electron chi connectivity index (χ2n) is 7.05. The highest BCUT2D eigenvalue weighted by molar-refractivity contribution is 5.78. The number of carbonyl (C=O) groups is 1. The first-order chi connectivity index (χ1) is 14.4. The van der Waals surface area contributed by atoms with E-state index in [2.05, 4.69) is 15.1 Å². The predicted octanol–water partition coefficient (Wildman–Crippen LogP) is 3.45. The molecule has 0 saturated carbocycles. The van der Waals surface area contributed by atoms with Gasteiger partial charge in [-0.3, -0.25) is 9.78 Å². The zero-order valence-corrected chi connectivity index (χ0v) is 16.3. The molecule has 0 aromatic carbocycles. The number of alkyl halides is 3. The van der Waals surface area contributed by atoms with E-state index in [9.17, 15) is 18.0 Å². The van der Waals surface area contributed by atoms with Crippen LogP contribution in [0.25, 0.3) is 5.65 Å². The van der Waals surface area contributed by atoms with Crippen molar-refractivity contribution in [3.8, 4) is 5.75 Å². The Kier molecular flexibility index (Phi) is 5.31. The van der Waals surface area contributed by atoms with Crippen LogP contribution in [0.3, 0.4) is 0 Å². The second-order valence-corrected chi connectivity index (χ2v) is 7.05. The van der Waals surface area contributed by atoms with E-state index in [1.165, 1.54) is 12.3 Å². The molecule has 1 aliphatic rings. The van der Waals surface area contributed by atoms with Crippen molar-refractivity contribution >= 4 is 11.6 Å². The number of rotatable bonds is 5. The average Bonchev–Trinajstić information content (AvgIpc) is 3.37. The minimum absolute atomic E-state index is 0.127. The summed E-state index contributed by atoms with van der Waals surface area (Å²) in [5.41, 5.74) is -0.00653. The summed E-state index contributed by atoms with van der Waals surface area (Å²) in [4.78, 5) is 22.5. The normalized spacial score (nSPS) is 16.9. The molecular weight excluding hydrogens is 399 g/mol. The minimum Gasteiger partial charge on any atom is -0.482 e. The molecule has 0 aliphatic carbocycles. The van der Waals surface area contributed by atoms with Gasteiger partial charge >= 0.3 is 6.18 Å². The minimum atomic E-state index is -4.56. The summed E-state index contributed by atoms with van der Waals surface area (Å²) in [5, 5.41) is 4.18. The number of fused-ring (bicyclic) bond motifs is 1. The number of aromatic nitrogens is 4. The van der Waals surface area contributed by atoms with Crippen molar-refractivity contribution in [2.24, 2.45) is 0 Å². The number of ether oxygens (including phenoxy) is 1. The van der Waals surface area contributed by atoms with Crippen molar-refractivity contribution in [3.63, 3.8) is 0 Å². The molecule has 1 saturated heterocycles. The lowest BCUT2D eigenvalue weighted by Gasteiger charge is -2.23. The third kappa shape index (κ3) is 3.94. The highest BCUT2D eigenvalue weighted by atomic mass is 19.4. The summed E-state index contributed by atoms with van der Waals surface area (Å²) in [6.07, 6.45) is 0.271. The van der Waals surface area contributed by atoms with Crippen molar-refractivity contribution in [2.75, 3.05) is 13.2 Å². The number of amides is 1. The van der Waals surface area contributed by atoms with Crippen molar-refractivity contribution in [1.29, 1.82) is 0 Å². The van der Waals surface area contributed by atoms with Gasteiger partial charge in [-0.2, -0.15) is 18.3 Å². The van der Waals surface area contributed by atoms with E-state index in [1.807, 2.05) is 0 Å². The van der Waals surface area contributed by atoms with Gasteiger partial charge in [0, 0.05) is 24.5 Å². The van der Waals surface area contributed by atoms with Crippen LogP contribution in [0.2, 0.25) is 0 Å². The molecule has 0 N–H and O–H groups in total. The van der Waals surface area contributed by atoms with Gasteiger partial charge in [0.25, 0.3) is 5.91 Å². The first kappa shape index (κ1) is 20.1. The highest BCUT2D eigenvalue weighted by Gasteiger charge is 2.37. The van der Waals surface area contributed by atoms with Gasteiger partial charge in [-0.25, -0.2) is 9.50 Å². The molecular formula is C20H20F3N5O2. The summed E-state index contributed by atoms with van der Waals surface area (Å²) >= 11 is 0. The maximum atomic E-state index is 13.5. The van der Waals surface area contributed by atoms with Gasteiger partial charge in [0.1, 0.15) is 11.4 Å². The Morgan fingerprint density at radius 1 is 1.33 bits per heavy atom. The van der Waals surface area contributed by atoms with Crippen LogP contribution in [-0.4, -0.2) is 43.5 Å². The number of hydrogen-bond donors (Lipinski definition) is 0. The number of halogens is 3. The van der Waals surface area contributed by atoms with Crippen LogP contribution >= 0.6 is 0 Å². The molecule has 1 unspecified atom stereocenters.